The summed E-state index contributed by atoms with van der Waals surface area (Å²) in [5.41, 5.74) is 7.42. The van der Waals surface area contributed by atoms with E-state index in [1.165, 1.54) is 28.1 Å². The van der Waals surface area contributed by atoms with Gasteiger partial charge in [-0.25, -0.2) is 0 Å². The van der Waals surface area contributed by atoms with Gasteiger partial charge in [-0.05, 0) is 57.9 Å². The van der Waals surface area contributed by atoms with Crippen LogP contribution in [-0.2, 0) is 7.05 Å². The van der Waals surface area contributed by atoms with Gasteiger partial charge in [0.25, 0.3) is 0 Å². The van der Waals surface area contributed by atoms with Crippen molar-refractivity contribution in [3.8, 4) is 0 Å². The van der Waals surface area contributed by atoms with Crippen LogP contribution >= 0.6 is 0 Å². The zero-order valence-corrected chi connectivity index (χ0v) is 12.7. The van der Waals surface area contributed by atoms with Crippen LogP contribution in [-0.4, -0.2) is 9.78 Å². The zero-order chi connectivity index (χ0) is 14.2. The van der Waals surface area contributed by atoms with E-state index in [9.17, 15) is 0 Å². The van der Waals surface area contributed by atoms with Crippen LogP contribution in [0.2, 0.25) is 0 Å². The summed E-state index contributed by atoms with van der Waals surface area (Å²) >= 11 is 0. The van der Waals surface area contributed by atoms with E-state index in [2.05, 4.69) is 63.2 Å². The minimum atomic E-state index is 0.260. The molecule has 2 aromatic rings. The fourth-order valence-electron chi connectivity index (χ4n) is 2.57. The van der Waals surface area contributed by atoms with E-state index in [1.54, 1.807) is 0 Å². The summed E-state index contributed by atoms with van der Waals surface area (Å²) in [4.78, 5) is 0. The maximum atomic E-state index is 4.48. The molecule has 0 aliphatic rings. The molecule has 0 bridgehead atoms. The van der Waals surface area contributed by atoms with E-state index < -0.39 is 0 Å². The van der Waals surface area contributed by atoms with Crippen LogP contribution in [0.15, 0.2) is 18.2 Å². The lowest BCUT2D eigenvalue weighted by Gasteiger charge is -2.17. The molecule has 0 fully saturated rings. The highest BCUT2D eigenvalue weighted by molar-refractivity contribution is 5.50. The Labute approximate surface area is 115 Å². The Bertz CT molecular complexity index is 596. The number of benzene rings is 1. The Hall–Kier alpha value is -1.77. The first kappa shape index (κ1) is 13.7. The molecule has 0 saturated heterocycles. The predicted molar refractivity (Wildman–Crippen MR) is 80.6 cm³/mol. The quantitative estimate of drug-likeness (QED) is 0.905. The monoisotopic (exact) mass is 257 g/mol. The predicted octanol–water partition coefficient (Wildman–Crippen LogP) is 3.83. The Balaban J connectivity index is 2.25. The summed E-state index contributed by atoms with van der Waals surface area (Å²) in [6, 6.07) is 6.76. The zero-order valence-electron chi connectivity index (χ0n) is 12.7. The van der Waals surface area contributed by atoms with Crippen molar-refractivity contribution in [3.05, 3.63) is 46.3 Å². The second-order valence-electron chi connectivity index (χ2n) is 5.37. The van der Waals surface area contributed by atoms with E-state index in [-0.39, 0.29) is 6.04 Å². The normalized spacial score (nSPS) is 12.5. The van der Waals surface area contributed by atoms with Gasteiger partial charge in [0.1, 0.15) is 0 Å². The lowest BCUT2D eigenvalue weighted by Crippen LogP contribution is -2.09. The standard InChI is InChI=1S/C16H23N3/c1-10-7-8-15(9-11(10)2)17-12(3)16-13(4)18-19(6)14(16)5/h7-9,12,17H,1-6H3. The molecular weight excluding hydrogens is 234 g/mol. The van der Waals surface area contributed by atoms with Gasteiger partial charge in [0, 0.05) is 24.0 Å². The van der Waals surface area contributed by atoms with Crippen LogP contribution in [0.1, 0.15) is 41.0 Å². The van der Waals surface area contributed by atoms with Crippen LogP contribution in [0.5, 0.6) is 0 Å². The van der Waals surface area contributed by atoms with E-state index in [1.807, 2.05) is 11.7 Å². The summed E-state index contributed by atoms with van der Waals surface area (Å²) in [7, 11) is 1.99. The van der Waals surface area contributed by atoms with Crippen molar-refractivity contribution in [1.82, 2.24) is 9.78 Å². The highest BCUT2D eigenvalue weighted by Gasteiger charge is 2.16. The van der Waals surface area contributed by atoms with E-state index >= 15 is 0 Å². The topological polar surface area (TPSA) is 29.9 Å². The fraction of sp³-hybridized carbons (Fsp3) is 0.438. The molecule has 1 N–H and O–H groups in total. The summed E-state index contributed by atoms with van der Waals surface area (Å²) in [6.45, 7) is 10.7. The highest BCUT2D eigenvalue weighted by atomic mass is 15.3. The average Bonchev–Trinajstić information content (AvgIpc) is 2.58. The maximum absolute atomic E-state index is 4.48. The van der Waals surface area contributed by atoms with Crippen molar-refractivity contribution in [2.45, 2.75) is 40.7 Å². The largest absolute Gasteiger partial charge is 0.378 e. The van der Waals surface area contributed by atoms with Crippen LogP contribution in [0.3, 0.4) is 0 Å². The summed E-state index contributed by atoms with van der Waals surface area (Å²) in [5.74, 6) is 0. The van der Waals surface area contributed by atoms with Crippen LogP contribution < -0.4 is 5.32 Å². The lowest BCUT2D eigenvalue weighted by molar-refractivity contribution is 0.728. The minimum absolute atomic E-state index is 0.260. The molecule has 19 heavy (non-hydrogen) atoms. The number of hydrogen-bond donors (Lipinski definition) is 1. The Kier molecular flexibility index (Phi) is 3.65. The van der Waals surface area contributed by atoms with Gasteiger partial charge in [-0.3, -0.25) is 4.68 Å². The van der Waals surface area contributed by atoms with Crippen LogP contribution in [0.4, 0.5) is 5.69 Å². The molecule has 0 saturated carbocycles. The number of nitrogens with zero attached hydrogens (tertiary/aromatic N) is 2. The fourth-order valence-corrected chi connectivity index (χ4v) is 2.57. The second kappa shape index (κ2) is 5.08. The van der Waals surface area contributed by atoms with Crippen molar-refractivity contribution >= 4 is 5.69 Å². The van der Waals surface area contributed by atoms with Crippen molar-refractivity contribution in [3.63, 3.8) is 0 Å². The molecule has 0 aliphatic heterocycles. The molecule has 1 heterocycles. The minimum Gasteiger partial charge on any atom is -0.378 e. The lowest BCUT2D eigenvalue weighted by atomic mass is 10.0. The first-order chi connectivity index (χ1) is 8.90. The van der Waals surface area contributed by atoms with Gasteiger partial charge >= 0.3 is 0 Å². The summed E-state index contributed by atoms with van der Waals surface area (Å²) in [6.07, 6.45) is 0. The van der Waals surface area contributed by atoms with Gasteiger partial charge in [-0.15, -0.1) is 0 Å². The molecule has 0 aliphatic carbocycles. The molecule has 1 unspecified atom stereocenters. The Morgan fingerprint density at radius 2 is 1.79 bits per heavy atom. The number of anilines is 1. The molecule has 1 atom stereocenters. The summed E-state index contributed by atoms with van der Waals surface area (Å²) < 4.78 is 1.95. The maximum Gasteiger partial charge on any atom is 0.0649 e. The molecule has 0 radical (unpaired) electrons. The van der Waals surface area contributed by atoms with Crippen molar-refractivity contribution in [2.24, 2.45) is 7.05 Å². The molecule has 3 nitrogen and oxygen atoms in total. The molecule has 0 amide bonds. The van der Waals surface area contributed by atoms with Gasteiger partial charge in [0.2, 0.25) is 0 Å². The smallest absolute Gasteiger partial charge is 0.0649 e. The third-order valence-corrected chi connectivity index (χ3v) is 3.89. The number of nitrogens with one attached hydrogen (secondary N) is 1. The highest BCUT2D eigenvalue weighted by Crippen LogP contribution is 2.25. The number of hydrogen-bond acceptors (Lipinski definition) is 2. The second-order valence-corrected chi connectivity index (χ2v) is 5.37. The van der Waals surface area contributed by atoms with Crippen LogP contribution in [0, 0.1) is 27.7 Å². The van der Waals surface area contributed by atoms with E-state index in [4.69, 9.17) is 0 Å². The molecule has 102 valence electrons. The third-order valence-electron chi connectivity index (χ3n) is 3.89. The van der Waals surface area contributed by atoms with Gasteiger partial charge < -0.3 is 5.32 Å². The number of aromatic nitrogens is 2. The number of rotatable bonds is 3. The molecule has 0 spiro atoms. The molecule has 3 heteroatoms. The SMILES string of the molecule is Cc1ccc(NC(C)c2c(C)nn(C)c2C)cc1C. The molecule has 2 rings (SSSR count). The van der Waals surface area contributed by atoms with Crippen LogP contribution in [0.25, 0.3) is 0 Å². The van der Waals surface area contributed by atoms with Gasteiger partial charge in [0.15, 0.2) is 0 Å². The first-order valence-electron chi connectivity index (χ1n) is 6.74. The van der Waals surface area contributed by atoms with E-state index in [0.29, 0.717) is 0 Å². The molecular formula is C16H23N3. The van der Waals surface area contributed by atoms with E-state index in [0.717, 1.165) is 5.69 Å². The molecule has 1 aromatic carbocycles. The number of aryl methyl sites for hydroxylation is 4. The van der Waals surface area contributed by atoms with Gasteiger partial charge in [-0.2, -0.15) is 5.10 Å². The first-order valence-corrected chi connectivity index (χ1v) is 6.74. The third kappa shape index (κ3) is 2.65. The van der Waals surface area contributed by atoms with Crippen molar-refractivity contribution < 1.29 is 0 Å². The van der Waals surface area contributed by atoms with Gasteiger partial charge in [0.05, 0.1) is 11.7 Å². The Morgan fingerprint density at radius 3 is 2.32 bits per heavy atom. The Morgan fingerprint density at radius 1 is 1.11 bits per heavy atom. The van der Waals surface area contributed by atoms with Crippen molar-refractivity contribution in [1.29, 1.82) is 0 Å². The van der Waals surface area contributed by atoms with Gasteiger partial charge in [-0.1, -0.05) is 6.07 Å². The molecule has 1 aromatic heterocycles. The average molecular weight is 257 g/mol. The van der Waals surface area contributed by atoms with Crippen molar-refractivity contribution in [2.75, 3.05) is 5.32 Å². The summed E-state index contributed by atoms with van der Waals surface area (Å²) in [5, 5.41) is 8.05.